The van der Waals surface area contributed by atoms with Gasteiger partial charge in [0, 0.05) is 12.6 Å². The number of nitrogens with zero attached hydrogens (tertiary/aromatic N) is 1. The molecule has 1 saturated heterocycles. The summed E-state index contributed by atoms with van der Waals surface area (Å²) >= 11 is 4.58. The highest BCUT2D eigenvalue weighted by Gasteiger charge is 2.42. The van der Waals surface area contributed by atoms with Crippen LogP contribution in [-0.2, 0) is 0 Å². The van der Waals surface area contributed by atoms with Gasteiger partial charge in [-0.3, -0.25) is 0 Å². The zero-order valence-corrected chi connectivity index (χ0v) is 13.4. The SMILES string of the molecule is CC(C)CC(C)(C)C1CN(C(C)C)CC1BS. The normalized spacial score (nSPS) is 27.1. The topological polar surface area (TPSA) is 3.24 Å². The smallest absolute Gasteiger partial charge is 0.192 e. The van der Waals surface area contributed by atoms with Crippen molar-refractivity contribution in [3.8, 4) is 0 Å². The minimum absolute atomic E-state index is 0.450. The Hall–Kier alpha value is 0.375. The molecule has 1 heterocycles. The summed E-state index contributed by atoms with van der Waals surface area (Å²) in [4.78, 5) is 2.63. The second kappa shape index (κ2) is 6.01. The van der Waals surface area contributed by atoms with Crippen molar-refractivity contribution in [3.63, 3.8) is 0 Å². The molecule has 0 N–H and O–H groups in total. The minimum Gasteiger partial charge on any atom is -0.301 e. The summed E-state index contributed by atoms with van der Waals surface area (Å²) in [5.74, 6) is 2.37. The van der Waals surface area contributed by atoms with Gasteiger partial charge in [-0.25, -0.2) is 12.5 Å². The van der Waals surface area contributed by atoms with Crippen LogP contribution in [0.3, 0.4) is 0 Å². The molecule has 0 aromatic heterocycles. The third-order valence-electron chi connectivity index (χ3n) is 4.37. The van der Waals surface area contributed by atoms with E-state index in [1.54, 1.807) is 0 Å². The van der Waals surface area contributed by atoms with Crippen LogP contribution < -0.4 is 0 Å². The monoisotopic (exact) mass is 255 g/mol. The molecule has 0 aliphatic carbocycles. The Bertz CT molecular complexity index is 240. The lowest BCUT2D eigenvalue weighted by atomic mass is 9.63. The molecule has 1 aliphatic rings. The third kappa shape index (κ3) is 3.92. The van der Waals surface area contributed by atoms with Crippen LogP contribution in [0.1, 0.15) is 48.0 Å². The third-order valence-corrected chi connectivity index (χ3v) is 4.84. The van der Waals surface area contributed by atoms with Crippen LogP contribution in [0.25, 0.3) is 0 Å². The first kappa shape index (κ1) is 15.4. The van der Waals surface area contributed by atoms with Gasteiger partial charge in [-0.1, -0.05) is 27.7 Å². The molecule has 2 atom stereocenters. The Balaban J connectivity index is 2.74. The van der Waals surface area contributed by atoms with E-state index in [2.05, 4.69) is 58.9 Å². The molecule has 1 rings (SSSR count). The van der Waals surface area contributed by atoms with Gasteiger partial charge >= 0.3 is 0 Å². The van der Waals surface area contributed by atoms with Crippen molar-refractivity contribution in [1.29, 1.82) is 0 Å². The van der Waals surface area contributed by atoms with Crippen molar-refractivity contribution >= 4 is 19.0 Å². The summed E-state index contributed by atoms with van der Waals surface area (Å²) in [6, 6.07) is 0.678. The maximum Gasteiger partial charge on any atom is 0.192 e. The van der Waals surface area contributed by atoms with Gasteiger partial charge in [0.15, 0.2) is 6.56 Å². The van der Waals surface area contributed by atoms with Gasteiger partial charge in [0.1, 0.15) is 0 Å². The first-order chi connectivity index (χ1) is 7.77. The van der Waals surface area contributed by atoms with E-state index >= 15 is 0 Å². The molecule has 1 nitrogen and oxygen atoms in total. The molecule has 0 aromatic rings. The van der Waals surface area contributed by atoms with Gasteiger partial charge in [-0.2, -0.15) is 0 Å². The molecular weight excluding hydrogens is 225 g/mol. The Kier molecular flexibility index (Phi) is 5.46. The standard InChI is InChI=1S/C14H30BNS/c1-10(2)7-14(5,6)12-8-16(11(3)4)9-13(12)15-17/h10-13,15,17H,7-9H2,1-6H3. The van der Waals surface area contributed by atoms with E-state index < -0.39 is 0 Å². The van der Waals surface area contributed by atoms with E-state index in [0.29, 0.717) is 11.5 Å². The zero-order valence-electron chi connectivity index (χ0n) is 12.5. The highest BCUT2D eigenvalue weighted by molar-refractivity contribution is 8.07. The molecule has 2 unspecified atom stereocenters. The highest BCUT2D eigenvalue weighted by Crippen LogP contribution is 2.45. The van der Waals surface area contributed by atoms with Crippen molar-refractivity contribution in [3.05, 3.63) is 0 Å². The Morgan fingerprint density at radius 3 is 2.24 bits per heavy atom. The van der Waals surface area contributed by atoms with Gasteiger partial charge in [0.05, 0.1) is 0 Å². The van der Waals surface area contributed by atoms with Gasteiger partial charge < -0.3 is 4.90 Å². The molecule has 0 amide bonds. The van der Waals surface area contributed by atoms with Crippen molar-refractivity contribution in [1.82, 2.24) is 4.90 Å². The van der Waals surface area contributed by atoms with Crippen molar-refractivity contribution in [2.24, 2.45) is 17.3 Å². The van der Waals surface area contributed by atoms with Gasteiger partial charge in [0.25, 0.3) is 0 Å². The summed E-state index contributed by atoms with van der Waals surface area (Å²) in [6.07, 6.45) is 1.33. The second-order valence-corrected chi connectivity index (χ2v) is 7.55. The quantitative estimate of drug-likeness (QED) is 0.581. The maximum atomic E-state index is 4.58. The highest BCUT2D eigenvalue weighted by atomic mass is 32.1. The summed E-state index contributed by atoms with van der Waals surface area (Å²) in [5, 5.41) is 0. The Morgan fingerprint density at radius 1 is 1.24 bits per heavy atom. The van der Waals surface area contributed by atoms with E-state index in [1.165, 1.54) is 19.5 Å². The van der Waals surface area contributed by atoms with E-state index in [4.69, 9.17) is 0 Å². The number of hydrogen-bond acceptors (Lipinski definition) is 2. The molecule has 1 fully saturated rings. The number of likely N-dealkylation sites (tertiary alicyclic amines) is 1. The fourth-order valence-corrected chi connectivity index (χ4v) is 3.97. The van der Waals surface area contributed by atoms with Crippen LogP contribution in [0.2, 0.25) is 5.82 Å². The largest absolute Gasteiger partial charge is 0.301 e. The fraction of sp³-hybridized carbons (Fsp3) is 1.00. The van der Waals surface area contributed by atoms with Crippen LogP contribution in [-0.4, -0.2) is 30.6 Å². The van der Waals surface area contributed by atoms with E-state index in [0.717, 1.165) is 24.2 Å². The number of thiol groups is 1. The lowest BCUT2D eigenvalue weighted by Gasteiger charge is -2.36. The first-order valence-electron chi connectivity index (χ1n) is 7.12. The molecule has 0 radical (unpaired) electrons. The van der Waals surface area contributed by atoms with Crippen LogP contribution in [0.15, 0.2) is 0 Å². The fourth-order valence-electron chi connectivity index (χ4n) is 3.60. The van der Waals surface area contributed by atoms with Crippen molar-refractivity contribution < 1.29 is 0 Å². The van der Waals surface area contributed by atoms with Gasteiger partial charge in [0.2, 0.25) is 0 Å². The van der Waals surface area contributed by atoms with Crippen LogP contribution in [0, 0.1) is 17.3 Å². The molecule has 0 aromatic carbocycles. The lowest BCUT2D eigenvalue weighted by molar-refractivity contribution is 0.161. The van der Waals surface area contributed by atoms with Gasteiger partial charge in [-0.15, -0.1) is 0 Å². The van der Waals surface area contributed by atoms with Crippen LogP contribution >= 0.6 is 12.5 Å². The molecule has 17 heavy (non-hydrogen) atoms. The molecule has 0 saturated carbocycles. The van der Waals surface area contributed by atoms with E-state index in [-0.39, 0.29) is 0 Å². The maximum absolute atomic E-state index is 4.58. The first-order valence-corrected chi connectivity index (χ1v) is 7.76. The van der Waals surface area contributed by atoms with E-state index in [1.807, 2.05) is 0 Å². The molecule has 0 spiro atoms. The Labute approximate surface area is 114 Å². The van der Waals surface area contributed by atoms with E-state index in [9.17, 15) is 0 Å². The second-order valence-electron chi connectivity index (χ2n) is 7.18. The van der Waals surface area contributed by atoms with Gasteiger partial charge in [-0.05, 0) is 49.9 Å². The summed E-state index contributed by atoms with van der Waals surface area (Å²) in [7, 11) is 0. The molecule has 100 valence electrons. The minimum atomic E-state index is 0.450. The van der Waals surface area contributed by atoms with Crippen LogP contribution in [0.5, 0.6) is 0 Å². The predicted molar refractivity (Wildman–Crippen MR) is 83.3 cm³/mol. The Morgan fingerprint density at radius 2 is 1.82 bits per heavy atom. The van der Waals surface area contributed by atoms with Crippen molar-refractivity contribution in [2.75, 3.05) is 13.1 Å². The summed E-state index contributed by atoms with van der Waals surface area (Å²) < 4.78 is 0. The summed E-state index contributed by atoms with van der Waals surface area (Å²) in [6.45, 7) is 17.8. The molecular formula is C14H30BNS. The average Bonchev–Trinajstić information content (AvgIpc) is 2.59. The molecule has 3 heteroatoms. The average molecular weight is 255 g/mol. The number of rotatable bonds is 5. The number of hydrogen-bond donors (Lipinski definition) is 1. The molecule has 0 bridgehead atoms. The predicted octanol–water partition coefficient (Wildman–Crippen LogP) is 3.47. The van der Waals surface area contributed by atoms with Crippen LogP contribution in [0.4, 0.5) is 0 Å². The molecule has 1 aliphatic heterocycles. The van der Waals surface area contributed by atoms with Crippen molar-refractivity contribution in [2.45, 2.75) is 59.8 Å². The zero-order chi connectivity index (χ0) is 13.2. The lowest BCUT2D eigenvalue weighted by Crippen LogP contribution is -2.33. The summed E-state index contributed by atoms with van der Waals surface area (Å²) in [5.41, 5.74) is 0.450.